The third-order valence-electron chi connectivity index (χ3n) is 4.28. The van der Waals surface area contributed by atoms with E-state index in [0.29, 0.717) is 24.9 Å². The minimum Gasteiger partial charge on any atom is -0.477 e. The molecule has 1 aromatic heterocycles. The molecule has 4 N–H and O–H groups in total. The van der Waals surface area contributed by atoms with E-state index >= 15 is 0 Å². The number of carboxylic acids is 1. The van der Waals surface area contributed by atoms with E-state index in [1.807, 2.05) is 36.4 Å². The molecule has 0 radical (unpaired) electrons. The molecule has 0 unspecified atom stereocenters. The summed E-state index contributed by atoms with van der Waals surface area (Å²) in [5.41, 5.74) is 8.83. The molecule has 0 spiro atoms. The number of aromatic nitrogens is 1. The van der Waals surface area contributed by atoms with Crippen LogP contribution < -0.4 is 5.73 Å². The molecule has 0 bridgehead atoms. The normalized spacial score (nSPS) is 10.9. The Bertz CT molecular complexity index is 913. The number of carboxylic acid groups (broad SMARTS) is 1. The lowest BCUT2D eigenvalue weighted by Crippen LogP contribution is -2.05. The minimum atomic E-state index is -0.981. The summed E-state index contributed by atoms with van der Waals surface area (Å²) in [6.45, 7) is 0.498. The van der Waals surface area contributed by atoms with Gasteiger partial charge < -0.3 is 15.8 Å². The molecule has 0 aliphatic carbocycles. The summed E-state index contributed by atoms with van der Waals surface area (Å²) >= 11 is 0. The van der Waals surface area contributed by atoms with Crippen molar-refractivity contribution < 1.29 is 14.7 Å². The maximum absolute atomic E-state index is 12.4. The molecule has 0 saturated carbocycles. The molecule has 5 heteroatoms. The Hall–Kier alpha value is -2.92. The van der Waals surface area contributed by atoms with Crippen molar-refractivity contribution >= 4 is 22.7 Å². The molecule has 1 heterocycles. The number of nitrogens with one attached hydrogen (secondary N) is 1. The highest BCUT2D eigenvalue weighted by Gasteiger charge is 2.17. The van der Waals surface area contributed by atoms with Crippen molar-refractivity contribution in [1.29, 1.82) is 0 Å². The summed E-state index contributed by atoms with van der Waals surface area (Å²) in [5, 5.41) is 10.3. The van der Waals surface area contributed by atoms with Crippen molar-refractivity contribution in [1.82, 2.24) is 4.98 Å². The van der Waals surface area contributed by atoms with E-state index in [1.165, 1.54) is 0 Å². The summed E-state index contributed by atoms with van der Waals surface area (Å²) in [4.78, 5) is 26.8. The van der Waals surface area contributed by atoms with Crippen molar-refractivity contribution in [2.45, 2.75) is 19.3 Å². The predicted octanol–water partition coefficient (Wildman–Crippen LogP) is 3.18. The quantitative estimate of drug-likeness (QED) is 0.577. The molecule has 0 aliphatic heterocycles. The van der Waals surface area contributed by atoms with Gasteiger partial charge in [0.1, 0.15) is 5.69 Å². The van der Waals surface area contributed by atoms with Crippen molar-refractivity contribution in [3.63, 3.8) is 0 Å². The number of rotatable bonds is 7. The molecule has 0 amide bonds. The smallest absolute Gasteiger partial charge is 0.352 e. The van der Waals surface area contributed by atoms with Crippen LogP contribution in [0.4, 0.5) is 0 Å². The number of carbonyl (C=O) groups excluding carboxylic acids is 1. The fourth-order valence-corrected chi connectivity index (χ4v) is 3.04. The maximum atomic E-state index is 12.4. The first-order chi connectivity index (χ1) is 12.1. The Morgan fingerprint density at radius 2 is 1.84 bits per heavy atom. The second-order valence-electron chi connectivity index (χ2n) is 6.02. The van der Waals surface area contributed by atoms with Crippen molar-refractivity contribution in [3.8, 4) is 0 Å². The molecular weight excluding hydrogens is 316 g/mol. The number of ketones is 1. The first-order valence-corrected chi connectivity index (χ1v) is 8.25. The van der Waals surface area contributed by atoms with E-state index in [-0.39, 0.29) is 17.9 Å². The van der Waals surface area contributed by atoms with E-state index < -0.39 is 5.97 Å². The van der Waals surface area contributed by atoms with Gasteiger partial charge in [0.25, 0.3) is 0 Å². The first-order valence-electron chi connectivity index (χ1n) is 8.25. The molecular formula is C20H20N2O3. The number of fused-ring (bicyclic) bond motifs is 1. The second kappa shape index (κ2) is 7.32. The van der Waals surface area contributed by atoms with Crippen molar-refractivity contribution in [3.05, 3.63) is 70.9 Å². The number of aromatic amines is 1. The van der Waals surface area contributed by atoms with E-state index in [1.54, 1.807) is 12.1 Å². The molecule has 2 aromatic carbocycles. The van der Waals surface area contributed by atoms with E-state index in [2.05, 4.69) is 4.98 Å². The number of carbonyl (C=O) groups is 2. The van der Waals surface area contributed by atoms with Gasteiger partial charge in [-0.15, -0.1) is 0 Å². The van der Waals surface area contributed by atoms with Crippen LogP contribution in [-0.2, 0) is 12.8 Å². The number of aryl methyl sites for hydroxylation is 1. The first kappa shape index (κ1) is 16.9. The van der Waals surface area contributed by atoms with Gasteiger partial charge in [-0.2, -0.15) is 0 Å². The number of nitrogens with two attached hydrogens (primary N) is 1. The fraction of sp³-hybridized carbons (Fsp3) is 0.200. The average Bonchev–Trinajstić information content (AvgIpc) is 2.99. The SMILES string of the molecule is NCCCc1c(C(=O)O)[nH]c2ccc(CC(=O)c3ccccc3)cc12. The molecule has 0 aliphatic rings. The van der Waals surface area contributed by atoms with Crippen LogP contribution in [0.15, 0.2) is 48.5 Å². The van der Waals surface area contributed by atoms with Gasteiger partial charge in [-0.1, -0.05) is 36.4 Å². The molecule has 0 atom stereocenters. The number of H-pyrrole nitrogens is 1. The Morgan fingerprint density at radius 1 is 1.08 bits per heavy atom. The molecule has 3 rings (SSSR count). The van der Waals surface area contributed by atoms with Gasteiger partial charge in [-0.25, -0.2) is 4.79 Å². The predicted molar refractivity (Wildman–Crippen MR) is 97.1 cm³/mol. The van der Waals surface area contributed by atoms with Crippen LogP contribution in [0.3, 0.4) is 0 Å². The fourth-order valence-electron chi connectivity index (χ4n) is 3.04. The average molecular weight is 336 g/mol. The summed E-state index contributed by atoms with van der Waals surface area (Å²) in [5.74, 6) is -0.942. The number of aromatic carboxylic acids is 1. The highest BCUT2D eigenvalue weighted by atomic mass is 16.4. The Kier molecular flexibility index (Phi) is 4.95. The summed E-state index contributed by atoms with van der Waals surface area (Å²) in [7, 11) is 0. The molecule has 0 fully saturated rings. The lowest BCUT2D eigenvalue weighted by molar-refractivity contribution is 0.0690. The summed E-state index contributed by atoms with van der Waals surface area (Å²) in [6, 6.07) is 14.8. The van der Waals surface area contributed by atoms with Crippen molar-refractivity contribution in [2.75, 3.05) is 6.54 Å². The number of benzene rings is 2. The highest BCUT2D eigenvalue weighted by Crippen LogP contribution is 2.26. The Balaban J connectivity index is 1.95. The van der Waals surface area contributed by atoms with Gasteiger partial charge in [0.05, 0.1) is 0 Å². The molecule has 3 aromatic rings. The Morgan fingerprint density at radius 3 is 2.52 bits per heavy atom. The van der Waals surface area contributed by atoms with Gasteiger partial charge in [0.2, 0.25) is 0 Å². The van der Waals surface area contributed by atoms with Crippen LogP contribution in [0.1, 0.15) is 38.4 Å². The van der Waals surface area contributed by atoms with Gasteiger partial charge in [-0.3, -0.25) is 4.79 Å². The van der Waals surface area contributed by atoms with E-state index in [9.17, 15) is 14.7 Å². The lowest BCUT2D eigenvalue weighted by Gasteiger charge is -2.04. The topological polar surface area (TPSA) is 96.2 Å². The van der Waals surface area contributed by atoms with Crippen LogP contribution >= 0.6 is 0 Å². The summed E-state index contributed by atoms with van der Waals surface area (Å²) in [6.07, 6.45) is 1.58. The molecule has 128 valence electrons. The third kappa shape index (κ3) is 3.61. The zero-order valence-electron chi connectivity index (χ0n) is 13.8. The second-order valence-corrected chi connectivity index (χ2v) is 6.02. The zero-order chi connectivity index (χ0) is 17.8. The standard InChI is InChI=1S/C20H20N2O3/c21-10-4-7-15-16-11-13(8-9-17(16)22-19(15)20(24)25)12-18(23)14-5-2-1-3-6-14/h1-3,5-6,8-9,11,22H,4,7,10,12,21H2,(H,24,25). The number of Topliss-reactive ketones (excluding diaryl/α,β-unsaturated/α-hetero) is 1. The van der Waals surface area contributed by atoms with Crippen LogP contribution in [-0.4, -0.2) is 28.4 Å². The van der Waals surface area contributed by atoms with Crippen LogP contribution in [0, 0.1) is 0 Å². The monoisotopic (exact) mass is 336 g/mol. The highest BCUT2D eigenvalue weighted by molar-refractivity contribution is 6.00. The largest absolute Gasteiger partial charge is 0.477 e. The summed E-state index contributed by atoms with van der Waals surface area (Å²) < 4.78 is 0. The van der Waals surface area contributed by atoms with Gasteiger partial charge >= 0.3 is 5.97 Å². The maximum Gasteiger partial charge on any atom is 0.352 e. The van der Waals surface area contributed by atoms with Crippen LogP contribution in [0.2, 0.25) is 0 Å². The van der Waals surface area contributed by atoms with Gasteiger partial charge in [-0.05, 0) is 42.6 Å². The van der Waals surface area contributed by atoms with Crippen molar-refractivity contribution in [2.24, 2.45) is 5.73 Å². The van der Waals surface area contributed by atoms with Gasteiger partial charge in [0, 0.05) is 22.9 Å². The van der Waals surface area contributed by atoms with Gasteiger partial charge in [0.15, 0.2) is 5.78 Å². The lowest BCUT2D eigenvalue weighted by atomic mass is 9.99. The molecule has 25 heavy (non-hydrogen) atoms. The molecule has 5 nitrogen and oxygen atoms in total. The van der Waals surface area contributed by atoms with Crippen LogP contribution in [0.25, 0.3) is 10.9 Å². The third-order valence-corrected chi connectivity index (χ3v) is 4.28. The van der Waals surface area contributed by atoms with Crippen LogP contribution in [0.5, 0.6) is 0 Å². The Labute approximate surface area is 145 Å². The minimum absolute atomic E-state index is 0.0393. The zero-order valence-corrected chi connectivity index (χ0v) is 13.8. The molecule has 0 saturated heterocycles. The number of hydrogen-bond donors (Lipinski definition) is 3. The van der Waals surface area contributed by atoms with E-state index in [0.717, 1.165) is 22.0 Å². The van der Waals surface area contributed by atoms with E-state index in [4.69, 9.17) is 5.73 Å². The number of hydrogen-bond acceptors (Lipinski definition) is 3.